The van der Waals surface area contributed by atoms with Crippen LogP contribution in [0.25, 0.3) is 0 Å². The van der Waals surface area contributed by atoms with Crippen LogP contribution in [-0.4, -0.2) is 8.42 Å². The van der Waals surface area contributed by atoms with E-state index in [4.69, 9.17) is 17.3 Å². The molecule has 0 spiro atoms. The summed E-state index contributed by atoms with van der Waals surface area (Å²) in [5.74, 6) is -0.542. The highest BCUT2D eigenvalue weighted by molar-refractivity contribution is 7.92. The van der Waals surface area contributed by atoms with Crippen molar-refractivity contribution in [3.8, 4) is 0 Å². The lowest BCUT2D eigenvalue weighted by Gasteiger charge is -2.10. The molecule has 0 saturated carbocycles. The van der Waals surface area contributed by atoms with E-state index in [0.717, 1.165) is 6.07 Å². The van der Waals surface area contributed by atoms with Gasteiger partial charge in [0.2, 0.25) is 0 Å². The lowest BCUT2D eigenvalue weighted by atomic mass is 10.3. The number of nitrogens with two attached hydrogens (primary N) is 1. The van der Waals surface area contributed by atoms with E-state index in [2.05, 4.69) is 4.72 Å². The van der Waals surface area contributed by atoms with Crippen LogP contribution in [0.2, 0.25) is 5.02 Å². The fourth-order valence-corrected chi connectivity index (χ4v) is 2.95. The van der Waals surface area contributed by atoms with Gasteiger partial charge in [0.05, 0.1) is 11.4 Å². The third-order valence-corrected chi connectivity index (χ3v) is 4.01. The molecule has 2 aromatic carbocycles. The molecule has 0 bridgehead atoms. The normalized spacial score (nSPS) is 11.3. The van der Waals surface area contributed by atoms with E-state index in [0.29, 0.717) is 0 Å². The quantitative estimate of drug-likeness (QED) is 0.856. The summed E-state index contributed by atoms with van der Waals surface area (Å²) in [6.45, 7) is 0. The summed E-state index contributed by atoms with van der Waals surface area (Å²) in [5.41, 5.74) is 5.78. The standard InChI is InChI=1S/C12H10ClFN2O2S/c13-8-4-5-11(15)12(6-8)19(17,18)16-10-3-1-2-9(14)7-10/h1-7,16H,15H2. The Kier molecular flexibility index (Phi) is 3.64. The maximum atomic E-state index is 13.0. The maximum absolute atomic E-state index is 13.0. The number of rotatable bonds is 3. The van der Waals surface area contributed by atoms with E-state index < -0.39 is 15.8 Å². The number of halogens is 2. The summed E-state index contributed by atoms with van der Waals surface area (Å²) in [5, 5.41) is 0.244. The number of benzene rings is 2. The molecule has 4 nitrogen and oxygen atoms in total. The van der Waals surface area contributed by atoms with Gasteiger partial charge in [-0.25, -0.2) is 12.8 Å². The average Bonchev–Trinajstić information content (AvgIpc) is 2.31. The summed E-state index contributed by atoms with van der Waals surface area (Å²) in [4.78, 5) is -0.149. The Balaban J connectivity index is 2.40. The SMILES string of the molecule is Nc1ccc(Cl)cc1S(=O)(=O)Nc1cccc(F)c1. The topological polar surface area (TPSA) is 72.2 Å². The Morgan fingerprint density at radius 3 is 2.58 bits per heavy atom. The zero-order chi connectivity index (χ0) is 14.0. The van der Waals surface area contributed by atoms with Crippen molar-refractivity contribution >= 4 is 33.0 Å². The molecule has 0 aliphatic rings. The molecule has 0 saturated heterocycles. The zero-order valence-corrected chi connectivity index (χ0v) is 11.2. The van der Waals surface area contributed by atoms with Gasteiger partial charge in [-0.1, -0.05) is 17.7 Å². The van der Waals surface area contributed by atoms with Crippen LogP contribution in [0, 0.1) is 5.82 Å². The molecule has 100 valence electrons. The Bertz CT molecular complexity index is 719. The lowest BCUT2D eigenvalue weighted by molar-refractivity contribution is 0.601. The largest absolute Gasteiger partial charge is 0.398 e. The number of nitrogen functional groups attached to an aromatic ring is 1. The van der Waals surface area contributed by atoms with E-state index in [1.165, 1.54) is 36.4 Å². The minimum absolute atomic E-state index is 0.0632. The highest BCUT2D eigenvalue weighted by Crippen LogP contribution is 2.25. The number of hydrogen-bond donors (Lipinski definition) is 2. The van der Waals surface area contributed by atoms with Gasteiger partial charge in [-0.15, -0.1) is 0 Å². The van der Waals surface area contributed by atoms with Gasteiger partial charge in [0.25, 0.3) is 10.0 Å². The van der Waals surface area contributed by atoms with Gasteiger partial charge in [0.1, 0.15) is 10.7 Å². The molecule has 0 heterocycles. The van der Waals surface area contributed by atoms with Crippen molar-refractivity contribution in [3.63, 3.8) is 0 Å². The molecule has 0 aliphatic carbocycles. The summed E-state index contributed by atoms with van der Waals surface area (Å²) in [7, 11) is -3.91. The molecule has 3 N–H and O–H groups in total. The minimum Gasteiger partial charge on any atom is -0.398 e. The van der Waals surface area contributed by atoms with Gasteiger partial charge >= 0.3 is 0 Å². The molecule has 0 radical (unpaired) electrons. The predicted octanol–water partition coefficient (Wildman–Crippen LogP) is 2.86. The van der Waals surface area contributed by atoms with Crippen molar-refractivity contribution in [1.29, 1.82) is 0 Å². The fourth-order valence-electron chi connectivity index (χ4n) is 1.50. The molecule has 0 atom stereocenters. The summed E-state index contributed by atoms with van der Waals surface area (Å²) < 4.78 is 39.5. The predicted molar refractivity (Wildman–Crippen MR) is 73.1 cm³/mol. The Morgan fingerprint density at radius 1 is 1.16 bits per heavy atom. The molecular formula is C12H10ClFN2O2S. The summed E-state index contributed by atoms with van der Waals surface area (Å²) in [6.07, 6.45) is 0. The van der Waals surface area contributed by atoms with Crippen LogP contribution in [0.3, 0.4) is 0 Å². The van der Waals surface area contributed by atoms with Crippen molar-refractivity contribution in [1.82, 2.24) is 0 Å². The van der Waals surface area contributed by atoms with E-state index in [1.54, 1.807) is 0 Å². The molecule has 0 aliphatic heterocycles. The van der Waals surface area contributed by atoms with E-state index in [1.807, 2.05) is 0 Å². The molecule has 0 fully saturated rings. The maximum Gasteiger partial charge on any atom is 0.263 e. The number of hydrogen-bond acceptors (Lipinski definition) is 3. The second kappa shape index (κ2) is 5.07. The van der Waals surface area contributed by atoms with Crippen molar-refractivity contribution in [2.45, 2.75) is 4.90 Å². The smallest absolute Gasteiger partial charge is 0.263 e. The van der Waals surface area contributed by atoms with Crippen molar-refractivity contribution < 1.29 is 12.8 Å². The van der Waals surface area contributed by atoms with Crippen LogP contribution in [0.4, 0.5) is 15.8 Å². The summed E-state index contributed by atoms with van der Waals surface area (Å²) >= 11 is 5.74. The number of anilines is 2. The fraction of sp³-hybridized carbons (Fsp3) is 0. The monoisotopic (exact) mass is 300 g/mol. The van der Waals surface area contributed by atoms with Crippen LogP contribution in [0.15, 0.2) is 47.4 Å². The second-order valence-electron chi connectivity index (χ2n) is 3.80. The van der Waals surface area contributed by atoms with Crippen molar-refractivity contribution in [3.05, 3.63) is 53.3 Å². The van der Waals surface area contributed by atoms with Gasteiger partial charge < -0.3 is 5.73 Å². The molecule has 2 rings (SSSR count). The van der Waals surface area contributed by atoms with Crippen LogP contribution in [0.1, 0.15) is 0 Å². The van der Waals surface area contributed by atoms with Crippen LogP contribution in [-0.2, 0) is 10.0 Å². The van der Waals surface area contributed by atoms with E-state index in [9.17, 15) is 12.8 Å². The Labute approximate surface area is 115 Å². The van der Waals surface area contributed by atoms with Gasteiger partial charge in [0.15, 0.2) is 0 Å². The van der Waals surface area contributed by atoms with Gasteiger partial charge in [0, 0.05) is 5.02 Å². The van der Waals surface area contributed by atoms with Gasteiger partial charge in [-0.3, -0.25) is 4.72 Å². The lowest BCUT2D eigenvalue weighted by Crippen LogP contribution is -2.14. The van der Waals surface area contributed by atoms with E-state index >= 15 is 0 Å². The van der Waals surface area contributed by atoms with Crippen LogP contribution < -0.4 is 10.5 Å². The minimum atomic E-state index is -3.91. The first-order valence-corrected chi connectivity index (χ1v) is 7.08. The van der Waals surface area contributed by atoms with Crippen molar-refractivity contribution in [2.24, 2.45) is 0 Å². The number of sulfonamides is 1. The first-order chi connectivity index (χ1) is 8.88. The number of nitrogens with one attached hydrogen (secondary N) is 1. The highest BCUT2D eigenvalue weighted by Gasteiger charge is 2.18. The molecule has 0 aromatic heterocycles. The average molecular weight is 301 g/mol. The molecule has 0 unspecified atom stereocenters. The molecule has 7 heteroatoms. The van der Waals surface area contributed by atoms with Gasteiger partial charge in [-0.2, -0.15) is 0 Å². The summed E-state index contributed by atoms with van der Waals surface area (Å²) in [6, 6.07) is 9.22. The molecule has 0 amide bonds. The zero-order valence-electron chi connectivity index (χ0n) is 9.60. The van der Waals surface area contributed by atoms with E-state index in [-0.39, 0.29) is 21.3 Å². The molecule has 2 aromatic rings. The second-order valence-corrected chi connectivity index (χ2v) is 5.89. The van der Waals surface area contributed by atoms with Crippen LogP contribution >= 0.6 is 11.6 Å². The third kappa shape index (κ3) is 3.15. The Hall–Kier alpha value is -1.79. The van der Waals surface area contributed by atoms with Crippen molar-refractivity contribution in [2.75, 3.05) is 10.5 Å². The Morgan fingerprint density at radius 2 is 1.89 bits per heavy atom. The molecule has 19 heavy (non-hydrogen) atoms. The van der Waals surface area contributed by atoms with Crippen LogP contribution in [0.5, 0.6) is 0 Å². The first-order valence-electron chi connectivity index (χ1n) is 5.22. The first kappa shape index (κ1) is 13.6. The van der Waals surface area contributed by atoms with Gasteiger partial charge in [-0.05, 0) is 36.4 Å². The highest BCUT2D eigenvalue weighted by atomic mass is 35.5. The third-order valence-electron chi connectivity index (χ3n) is 2.34. The molecular weight excluding hydrogens is 291 g/mol.